The summed E-state index contributed by atoms with van der Waals surface area (Å²) in [6, 6.07) is 0. The highest BCUT2D eigenvalue weighted by atomic mass is 16.5. The molecule has 20 rings (SSSR count). The Morgan fingerprint density at radius 1 is 0.281 bits per heavy atom. The molecule has 20 fully saturated rings. The minimum atomic E-state index is -0.442. The number of hydrogen-bond acceptors (Lipinski definition) is 13. The first-order chi connectivity index (χ1) is 63.1. The van der Waals surface area contributed by atoms with Crippen LogP contribution in [-0.2, 0) is 38.2 Å². The fourth-order valence-corrected chi connectivity index (χ4v) is 42.2. The van der Waals surface area contributed by atoms with Gasteiger partial charge in [0.15, 0.2) is 11.6 Å². The Labute approximate surface area is 823 Å². The summed E-state index contributed by atoms with van der Waals surface area (Å²) < 4.78 is 18.0. The first kappa shape index (κ1) is 106. The first-order valence-corrected chi connectivity index (χ1v) is 58.0. The smallest absolute Gasteiger partial charge is 0.155 e. The fraction of sp³-hybridized carbons (Fsp3) is 0.959. The molecule has 0 amide bonds. The summed E-state index contributed by atoms with van der Waals surface area (Å²) in [5.41, 5.74) is 2.07. The van der Waals surface area contributed by atoms with Crippen LogP contribution < -0.4 is 0 Å². The van der Waals surface area contributed by atoms with Crippen LogP contribution in [-0.4, -0.2) is 121 Å². The highest BCUT2D eigenvalue weighted by molar-refractivity contribution is 5.77. The maximum atomic E-state index is 11.7. The van der Waals surface area contributed by atoms with Gasteiger partial charge in [-0.15, -0.1) is 0 Å². The van der Waals surface area contributed by atoms with Gasteiger partial charge in [-0.05, 0) is 574 Å². The molecule has 20 saturated carbocycles. The van der Waals surface area contributed by atoms with E-state index in [9.17, 15) is 49.5 Å². The van der Waals surface area contributed by atoms with Crippen LogP contribution in [0.1, 0.15) is 467 Å². The molecule has 135 heavy (non-hydrogen) atoms. The number of rotatable bonds is 18. The largest absolute Gasteiger partial charge is 0.390 e. The van der Waals surface area contributed by atoms with Crippen LogP contribution in [0.4, 0.5) is 0 Å². The summed E-state index contributed by atoms with van der Waals surface area (Å²) >= 11 is 0. The van der Waals surface area contributed by atoms with Crippen molar-refractivity contribution < 1.29 is 63.7 Å². The van der Waals surface area contributed by atoms with Crippen molar-refractivity contribution in [1.82, 2.24) is 0 Å². The molecular formula is C122H204O13. The van der Waals surface area contributed by atoms with Gasteiger partial charge in [0.1, 0.15) is 30.6 Å². The Hall–Kier alpha value is -1.97. The molecule has 13 nitrogen and oxygen atoms in total. The highest BCUT2D eigenvalue weighted by Gasteiger charge is 2.69. The van der Waals surface area contributed by atoms with Crippen molar-refractivity contribution >= 4 is 28.9 Å². The molecule has 42 atom stereocenters. The zero-order valence-electron chi connectivity index (χ0n) is 90.6. The zero-order chi connectivity index (χ0) is 97.6. The number of Topliss-reactive ketones (excluding diaryl/α,β-unsaturated/α-hetero) is 5. The summed E-state index contributed by atoms with van der Waals surface area (Å²) in [5.74, 6) is 20.9. The third-order valence-corrected chi connectivity index (χ3v) is 49.9. The molecule has 0 aromatic carbocycles. The lowest BCUT2D eigenvalue weighted by atomic mass is 9.43. The van der Waals surface area contributed by atoms with Crippen LogP contribution in [0, 0.1) is 202 Å². The van der Waals surface area contributed by atoms with Gasteiger partial charge in [0.2, 0.25) is 0 Å². The fourth-order valence-electron chi connectivity index (χ4n) is 42.2. The number of ketones is 5. The molecule has 0 heterocycles. The van der Waals surface area contributed by atoms with Gasteiger partial charge in [-0.2, -0.15) is 0 Å². The lowest BCUT2D eigenvalue weighted by Crippen LogP contribution is -2.56. The van der Waals surface area contributed by atoms with Gasteiger partial charge in [0, 0.05) is 19.3 Å². The van der Waals surface area contributed by atoms with Crippen molar-refractivity contribution in [2.24, 2.45) is 202 Å². The summed E-state index contributed by atoms with van der Waals surface area (Å²) in [4.78, 5) is 57.2. The third kappa shape index (κ3) is 20.2. The quantitative estimate of drug-likeness (QED) is 0.0865. The van der Waals surface area contributed by atoms with Gasteiger partial charge in [-0.3, -0.25) is 14.4 Å². The second-order valence-corrected chi connectivity index (χ2v) is 57.9. The van der Waals surface area contributed by atoms with E-state index < -0.39 is 28.0 Å². The Kier molecular flexibility index (Phi) is 30.8. The number of carbonyl (C=O) groups excluding carboxylic acids is 5. The van der Waals surface area contributed by atoms with Gasteiger partial charge < -0.3 is 49.3 Å². The number of carbonyl (C=O) groups is 5. The molecule has 15 unspecified atom stereocenters. The number of fused-ring (bicyclic) bond motifs is 25. The highest BCUT2D eigenvalue weighted by Crippen LogP contribution is 2.76. The zero-order valence-corrected chi connectivity index (χ0v) is 90.6. The number of ether oxygens (including phenoxy) is 3. The van der Waals surface area contributed by atoms with Crippen molar-refractivity contribution in [3.8, 4) is 0 Å². The molecule has 13 heteroatoms. The molecule has 20 aliphatic carbocycles. The maximum absolute atomic E-state index is 11.7. The van der Waals surface area contributed by atoms with Crippen LogP contribution >= 0.6 is 0 Å². The molecule has 20 aliphatic rings. The van der Waals surface area contributed by atoms with E-state index >= 15 is 0 Å². The predicted molar refractivity (Wildman–Crippen MR) is 543 cm³/mol. The molecule has 0 spiro atoms. The van der Waals surface area contributed by atoms with E-state index in [1.807, 2.05) is 0 Å². The second-order valence-electron chi connectivity index (χ2n) is 57.9. The van der Waals surface area contributed by atoms with Crippen molar-refractivity contribution in [2.75, 3.05) is 26.4 Å². The molecule has 0 aromatic heterocycles. The minimum absolute atomic E-state index is 0.134. The van der Waals surface area contributed by atoms with Crippen LogP contribution in [0.2, 0.25) is 0 Å². The Morgan fingerprint density at radius 3 is 0.933 bits per heavy atom. The van der Waals surface area contributed by atoms with Crippen LogP contribution in [0.3, 0.4) is 0 Å². The van der Waals surface area contributed by atoms with Gasteiger partial charge in [-0.25, -0.2) is 0 Å². The van der Waals surface area contributed by atoms with Crippen molar-refractivity contribution in [3.63, 3.8) is 0 Å². The average Bonchev–Trinajstić information content (AvgIpc) is 1.67. The maximum Gasteiger partial charge on any atom is 0.155 e. The van der Waals surface area contributed by atoms with E-state index in [4.69, 9.17) is 14.2 Å². The normalized spacial score (nSPS) is 52.5. The summed E-state index contributed by atoms with van der Waals surface area (Å²) in [6.07, 6.45) is 59.9. The Bertz CT molecular complexity index is 4030. The topological polar surface area (TPSA) is 214 Å². The Balaban J connectivity index is 0.000000123. The SMILES string of the molecule is CC(=O)CCO[C@H]1CCC2C3CC[C@H]4C[C@@](C)(O)CC[C@]4(C)C3CC[C@@]21C.CC(=O)CC[C@H]1CCC2C3CC[C@H]4C[C@@](C)(O)CC[C@]4(C)C3CC[C@@]21C.CC(=O)COC[C@H]1CCC2C3CC[C@H]4C[C@@](C)(O)CC[C@]4(C)C3CC[C@@]21C.CC(=O)CO[C@@H](C)[C@H]1CCC2C3CC[C@H]4C[C@@](C)(O)CC[C@]4(C)C3CC[C@@]21C.CC(=O)C[C@@H](C)[C@H]1CCC2C3CC[C@H]4C[C@@](C)(O)CC[C@]4(C)C3CC[C@@]21C. The van der Waals surface area contributed by atoms with E-state index in [1.54, 1.807) is 34.6 Å². The molecule has 0 radical (unpaired) electrons. The third-order valence-electron chi connectivity index (χ3n) is 49.9. The van der Waals surface area contributed by atoms with Crippen molar-refractivity contribution in [1.29, 1.82) is 0 Å². The van der Waals surface area contributed by atoms with Gasteiger partial charge in [0.05, 0.1) is 53.4 Å². The molecule has 770 valence electrons. The summed E-state index contributed by atoms with van der Waals surface area (Å²) in [7, 11) is 0. The van der Waals surface area contributed by atoms with Crippen molar-refractivity contribution in [2.45, 2.75) is 507 Å². The molecule has 5 N–H and O–H groups in total. The standard InChI is InChI=1S/C25H42O3.C25H42O2.2C24H40O3.C24H40O2/c1-16(26)15-28-17(2)20-8-9-21-19-7-6-18-14-23(3,27)12-13-24(18,4)22(19)10-11-25(20,21)5;1-16(14-17(2)26)20-8-9-21-19-7-6-18-15-23(3,27)12-13-24(18,4)22(19)10-11-25(20,21)5;1-16(25)14-27-15-18-6-8-20-19-7-5-17-13-22(2,26)11-12-24(17,4)21(19)9-10-23(18,20)3;1-16(25)10-14-27-21-8-7-19-18-6-5-17-15-22(2,26)12-13-23(17,3)20(18)9-11-24(19,21)4;1-16(25)5-6-17-8-10-20-19-9-7-18-15-22(2,26)13-14-24(18,4)21(19)11-12-23(17,20)3/h17-22,27H,6-15H2,1-5H3;16,18-22,27H,6-15H2,1-5H3;2*17-21,26H,5-15H2,1-4H3;17-21,26H,5-15H2,1-4H3/t17-,18-,19?,20+,21?,22?,23-,24-,25+;16-,18+,19?,20-,21?,22?,23+,24+,25-;17-,18+,19?,20?,21?,22-,23+,24-;17-,18?,19?,20?,21-,22-,23-,24-;17-,18-,19?,20?,21?,22-,23+,24-/m01000/s1. The van der Waals surface area contributed by atoms with Crippen LogP contribution in [0.25, 0.3) is 0 Å². The summed E-state index contributed by atoms with van der Waals surface area (Å²) in [6.45, 7) is 50.7. The molecule has 0 aliphatic heterocycles. The first-order valence-electron chi connectivity index (χ1n) is 58.0. The average molecular weight is 1880 g/mol. The second kappa shape index (κ2) is 39.3. The Morgan fingerprint density at radius 2 is 0.578 bits per heavy atom. The number of hydrogen-bond donors (Lipinski definition) is 5. The van der Waals surface area contributed by atoms with E-state index in [0.29, 0.717) is 120 Å². The minimum Gasteiger partial charge on any atom is -0.390 e. The van der Waals surface area contributed by atoms with Crippen LogP contribution in [0.5, 0.6) is 0 Å². The molecule has 0 saturated heterocycles. The summed E-state index contributed by atoms with van der Waals surface area (Å²) in [5, 5.41) is 53.2. The predicted octanol–water partition coefficient (Wildman–Crippen LogP) is 27.3. The molecule has 0 aromatic rings. The monoisotopic (exact) mass is 1880 g/mol. The van der Waals surface area contributed by atoms with E-state index in [-0.39, 0.29) is 36.7 Å². The molecule has 0 bridgehead atoms. The van der Waals surface area contributed by atoms with E-state index in [0.717, 1.165) is 203 Å². The molecular weight excluding hydrogens is 1670 g/mol. The lowest BCUT2D eigenvalue weighted by molar-refractivity contribution is -0.156. The van der Waals surface area contributed by atoms with Gasteiger partial charge in [0.25, 0.3) is 0 Å². The lowest BCUT2D eigenvalue weighted by Gasteiger charge is -2.62. The van der Waals surface area contributed by atoms with E-state index in [2.05, 4.69) is 118 Å². The van der Waals surface area contributed by atoms with Gasteiger partial charge in [-0.1, -0.05) is 76.2 Å². The van der Waals surface area contributed by atoms with Crippen LogP contribution in [0.15, 0.2) is 0 Å². The van der Waals surface area contributed by atoms with E-state index in [1.165, 1.54) is 225 Å². The van der Waals surface area contributed by atoms with Gasteiger partial charge >= 0.3 is 0 Å². The number of aliphatic hydroxyl groups is 5. The van der Waals surface area contributed by atoms with Crippen molar-refractivity contribution in [3.05, 3.63) is 0 Å².